The summed E-state index contributed by atoms with van der Waals surface area (Å²) in [7, 11) is 0. The number of esters is 1. The Morgan fingerprint density at radius 1 is 0.696 bits per heavy atom. The summed E-state index contributed by atoms with van der Waals surface area (Å²) in [4.78, 5) is 13.0. The molecule has 0 aliphatic rings. The number of hydrogen-bond donors (Lipinski definition) is 0. The van der Waals surface area contributed by atoms with Gasteiger partial charge >= 0.3 is 5.97 Å². The number of para-hydroxylation sites is 1. The molecular weight excluding hydrogens is 284 g/mol. The second-order valence-corrected chi connectivity index (χ2v) is 5.56. The number of rotatable bonds is 4. The van der Waals surface area contributed by atoms with Gasteiger partial charge in [0.25, 0.3) is 0 Å². The van der Waals surface area contributed by atoms with Gasteiger partial charge in [-0.3, -0.25) is 4.79 Å². The van der Waals surface area contributed by atoms with Crippen LogP contribution in [0.4, 0.5) is 0 Å². The molecule has 0 atom stereocenters. The zero-order valence-electron chi connectivity index (χ0n) is 13.0. The first kappa shape index (κ1) is 15.0. The maximum Gasteiger partial charge on any atom is 0.326 e. The van der Waals surface area contributed by atoms with Crippen molar-refractivity contribution in [2.45, 2.75) is 12.3 Å². The molecule has 0 aliphatic heterocycles. The summed E-state index contributed by atoms with van der Waals surface area (Å²) in [5.41, 5.74) is 0.956. The van der Waals surface area contributed by atoms with Crippen LogP contribution in [0.3, 0.4) is 0 Å². The Kier molecular flexibility index (Phi) is 4.24. The molecule has 0 amide bonds. The molecular formula is C21H18O2. The van der Waals surface area contributed by atoms with E-state index in [9.17, 15) is 4.79 Å². The number of ether oxygens (including phenoxy) is 1. The maximum atomic E-state index is 13.0. The third-order valence-corrected chi connectivity index (χ3v) is 4.06. The van der Waals surface area contributed by atoms with Crippen LogP contribution in [-0.4, -0.2) is 5.97 Å². The Hall–Kier alpha value is -2.87. The Balaban J connectivity index is 2.04. The largest absolute Gasteiger partial charge is 0.426 e. The molecule has 0 unspecified atom stereocenters. The van der Waals surface area contributed by atoms with Gasteiger partial charge < -0.3 is 4.74 Å². The highest BCUT2D eigenvalue weighted by Crippen LogP contribution is 2.33. The minimum Gasteiger partial charge on any atom is -0.426 e. The van der Waals surface area contributed by atoms with Crippen molar-refractivity contribution in [1.82, 2.24) is 0 Å². The van der Waals surface area contributed by atoms with Crippen molar-refractivity contribution in [3.05, 3.63) is 102 Å². The normalized spacial score (nSPS) is 11.0. The van der Waals surface area contributed by atoms with Gasteiger partial charge in [0.15, 0.2) is 0 Å². The molecule has 0 fully saturated rings. The summed E-state index contributed by atoms with van der Waals surface area (Å²) in [5.74, 6) is 0.261. The SMILES string of the molecule is CC(C(=O)Oc1ccccc1)(c1ccccc1)c1ccccc1. The van der Waals surface area contributed by atoms with E-state index in [0.29, 0.717) is 5.75 Å². The van der Waals surface area contributed by atoms with Gasteiger partial charge in [0.1, 0.15) is 11.2 Å². The van der Waals surface area contributed by atoms with Crippen molar-refractivity contribution < 1.29 is 9.53 Å². The zero-order chi connectivity index (χ0) is 16.1. The highest BCUT2D eigenvalue weighted by molar-refractivity contribution is 5.88. The fourth-order valence-electron chi connectivity index (χ4n) is 2.64. The second-order valence-electron chi connectivity index (χ2n) is 5.56. The van der Waals surface area contributed by atoms with E-state index in [0.717, 1.165) is 11.1 Å². The molecule has 0 radical (unpaired) electrons. The van der Waals surface area contributed by atoms with Gasteiger partial charge in [0.05, 0.1) is 0 Å². The molecule has 0 spiro atoms. The summed E-state index contributed by atoms with van der Waals surface area (Å²) in [6.45, 7) is 1.91. The zero-order valence-corrected chi connectivity index (χ0v) is 13.0. The fourth-order valence-corrected chi connectivity index (χ4v) is 2.64. The lowest BCUT2D eigenvalue weighted by Crippen LogP contribution is -2.37. The number of carbonyl (C=O) groups is 1. The third-order valence-electron chi connectivity index (χ3n) is 4.06. The minimum absolute atomic E-state index is 0.291. The van der Waals surface area contributed by atoms with Crippen LogP contribution in [0.5, 0.6) is 5.75 Å². The van der Waals surface area contributed by atoms with Gasteiger partial charge in [0, 0.05) is 0 Å². The topological polar surface area (TPSA) is 26.3 Å². The van der Waals surface area contributed by atoms with E-state index in [2.05, 4.69) is 0 Å². The van der Waals surface area contributed by atoms with Gasteiger partial charge in [0.2, 0.25) is 0 Å². The lowest BCUT2D eigenvalue weighted by Gasteiger charge is -2.28. The second kappa shape index (κ2) is 6.49. The Bertz CT molecular complexity index is 725. The van der Waals surface area contributed by atoms with Crippen molar-refractivity contribution in [1.29, 1.82) is 0 Å². The van der Waals surface area contributed by atoms with Crippen molar-refractivity contribution >= 4 is 5.97 Å². The van der Waals surface area contributed by atoms with E-state index >= 15 is 0 Å². The average Bonchev–Trinajstić information content (AvgIpc) is 2.63. The van der Waals surface area contributed by atoms with Crippen molar-refractivity contribution in [3.8, 4) is 5.75 Å². The average molecular weight is 302 g/mol. The van der Waals surface area contributed by atoms with E-state index < -0.39 is 5.41 Å². The third kappa shape index (κ3) is 3.02. The van der Waals surface area contributed by atoms with Crippen LogP contribution >= 0.6 is 0 Å². The summed E-state index contributed by atoms with van der Waals surface area (Å²) >= 11 is 0. The number of benzene rings is 3. The van der Waals surface area contributed by atoms with Crippen LogP contribution < -0.4 is 4.74 Å². The summed E-state index contributed by atoms with van der Waals surface area (Å²) in [6.07, 6.45) is 0. The van der Waals surface area contributed by atoms with Gasteiger partial charge in [-0.15, -0.1) is 0 Å². The van der Waals surface area contributed by atoms with Gasteiger partial charge in [-0.05, 0) is 30.2 Å². The van der Waals surface area contributed by atoms with Gasteiger partial charge in [-0.25, -0.2) is 0 Å². The van der Waals surface area contributed by atoms with Crippen LogP contribution in [-0.2, 0) is 10.2 Å². The molecule has 0 N–H and O–H groups in total. The number of carbonyl (C=O) groups excluding carboxylic acids is 1. The first-order valence-electron chi connectivity index (χ1n) is 7.59. The van der Waals surface area contributed by atoms with Crippen LogP contribution in [0.15, 0.2) is 91.0 Å². The Labute approximate surface area is 136 Å². The van der Waals surface area contributed by atoms with E-state index in [1.165, 1.54) is 0 Å². The molecule has 0 aliphatic carbocycles. The molecule has 0 aromatic heterocycles. The maximum absolute atomic E-state index is 13.0. The highest BCUT2D eigenvalue weighted by Gasteiger charge is 2.39. The van der Waals surface area contributed by atoms with Gasteiger partial charge in [-0.1, -0.05) is 78.9 Å². The molecule has 114 valence electrons. The van der Waals surface area contributed by atoms with Crippen LogP contribution in [0.1, 0.15) is 18.1 Å². The van der Waals surface area contributed by atoms with Crippen LogP contribution in [0.25, 0.3) is 0 Å². The van der Waals surface area contributed by atoms with E-state index in [1.54, 1.807) is 12.1 Å². The molecule has 3 rings (SSSR count). The first-order valence-corrected chi connectivity index (χ1v) is 7.59. The van der Waals surface area contributed by atoms with Crippen LogP contribution in [0.2, 0.25) is 0 Å². The summed E-state index contributed by atoms with van der Waals surface area (Å²) < 4.78 is 5.65. The standard InChI is InChI=1S/C21H18O2/c1-21(17-11-5-2-6-12-17,18-13-7-3-8-14-18)20(22)23-19-15-9-4-10-16-19/h2-16H,1H3. The summed E-state index contributed by atoms with van der Waals surface area (Å²) in [5, 5.41) is 0. The first-order chi connectivity index (χ1) is 11.2. The molecule has 23 heavy (non-hydrogen) atoms. The molecule has 0 heterocycles. The highest BCUT2D eigenvalue weighted by atomic mass is 16.5. The van der Waals surface area contributed by atoms with Crippen molar-refractivity contribution in [2.24, 2.45) is 0 Å². The molecule has 3 aromatic rings. The van der Waals surface area contributed by atoms with Crippen molar-refractivity contribution in [2.75, 3.05) is 0 Å². The molecule has 2 nitrogen and oxygen atoms in total. The summed E-state index contributed by atoms with van der Waals surface area (Å²) in [6, 6.07) is 28.6. The molecule has 0 bridgehead atoms. The molecule has 3 aromatic carbocycles. The van der Waals surface area contributed by atoms with E-state index in [4.69, 9.17) is 4.74 Å². The predicted molar refractivity (Wildman–Crippen MR) is 91.4 cm³/mol. The smallest absolute Gasteiger partial charge is 0.326 e. The molecule has 2 heteroatoms. The Morgan fingerprint density at radius 3 is 1.52 bits per heavy atom. The molecule has 0 saturated heterocycles. The van der Waals surface area contributed by atoms with E-state index in [1.807, 2.05) is 85.8 Å². The lowest BCUT2D eigenvalue weighted by molar-refractivity contribution is -0.138. The minimum atomic E-state index is -0.863. The number of hydrogen-bond acceptors (Lipinski definition) is 2. The Morgan fingerprint density at radius 2 is 1.09 bits per heavy atom. The van der Waals surface area contributed by atoms with Gasteiger partial charge in [-0.2, -0.15) is 0 Å². The predicted octanol–water partition coefficient (Wildman–Crippen LogP) is 4.60. The monoisotopic (exact) mass is 302 g/mol. The fraction of sp³-hybridized carbons (Fsp3) is 0.0952. The quantitative estimate of drug-likeness (QED) is 0.520. The molecule has 0 saturated carbocycles. The lowest BCUT2D eigenvalue weighted by atomic mass is 9.76. The van der Waals surface area contributed by atoms with Crippen molar-refractivity contribution in [3.63, 3.8) is 0 Å². The van der Waals surface area contributed by atoms with Crippen LogP contribution in [0, 0.1) is 0 Å². The van der Waals surface area contributed by atoms with E-state index in [-0.39, 0.29) is 5.97 Å².